The number of carboxylic acid groups (broad SMARTS) is 1. The van der Waals surface area contributed by atoms with Gasteiger partial charge in [-0.05, 0) is 13.0 Å². The number of rotatable bonds is 6. The Morgan fingerprint density at radius 3 is 2.65 bits per heavy atom. The van der Waals surface area contributed by atoms with Gasteiger partial charge < -0.3 is 9.52 Å². The average molecular weight is 278 g/mol. The molecule has 0 aliphatic rings. The van der Waals surface area contributed by atoms with Gasteiger partial charge >= 0.3 is 5.97 Å². The van der Waals surface area contributed by atoms with Crippen LogP contribution in [0.4, 0.5) is 0 Å². The second-order valence-electron chi connectivity index (χ2n) is 3.67. The van der Waals surface area contributed by atoms with E-state index in [-0.39, 0.29) is 11.3 Å². The molecule has 1 rings (SSSR count). The van der Waals surface area contributed by atoms with Crippen LogP contribution in [0.2, 0.25) is 0 Å². The normalized spacial score (nSPS) is 11.6. The molecular formula is C10H14O5S2. The summed E-state index contributed by atoms with van der Waals surface area (Å²) in [7, 11) is -2.94. The Labute approximate surface area is 104 Å². The maximum absolute atomic E-state index is 10.9. The Bertz CT molecular complexity index is 501. The fraction of sp³-hybridized carbons (Fsp3) is 0.500. The van der Waals surface area contributed by atoms with Crippen LogP contribution in [0.3, 0.4) is 0 Å². The number of aromatic carboxylic acids is 1. The summed E-state index contributed by atoms with van der Waals surface area (Å²) in [4.78, 5) is 10.8. The van der Waals surface area contributed by atoms with Crippen LogP contribution in [0, 0.1) is 6.92 Å². The van der Waals surface area contributed by atoms with Gasteiger partial charge in [-0.15, -0.1) is 0 Å². The van der Waals surface area contributed by atoms with Gasteiger partial charge in [-0.3, -0.25) is 0 Å². The lowest BCUT2D eigenvalue weighted by Crippen LogP contribution is -2.05. The maximum Gasteiger partial charge on any atom is 0.339 e. The molecule has 5 nitrogen and oxygen atoms in total. The Balaban J connectivity index is 2.48. The molecule has 0 bridgehead atoms. The fourth-order valence-corrected chi connectivity index (χ4v) is 3.38. The first kappa shape index (κ1) is 14.1. The number of hydrogen-bond acceptors (Lipinski definition) is 5. The van der Waals surface area contributed by atoms with E-state index in [9.17, 15) is 13.2 Å². The highest BCUT2D eigenvalue weighted by Crippen LogP contribution is 2.19. The van der Waals surface area contributed by atoms with Crippen molar-refractivity contribution in [2.75, 3.05) is 17.8 Å². The summed E-state index contributed by atoms with van der Waals surface area (Å²) in [5, 5.41) is 8.81. The highest BCUT2D eigenvalue weighted by Gasteiger charge is 2.13. The molecule has 0 saturated heterocycles. The van der Waals surface area contributed by atoms with Crippen molar-refractivity contribution in [1.82, 2.24) is 0 Å². The van der Waals surface area contributed by atoms with Gasteiger partial charge in [-0.25, -0.2) is 13.2 Å². The molecule has 0 unspecified atom stereocenters. The van der Waals surface area contributed by atoms with E-state index in [2.05, 4.69) is 0 Å². The van der Waals surface area contributed by atoms with Crippen molar-refractivity contribution in [3.8, 4) is 0 Å². The van der Waals surface area contributed by atoms with E-state index in [1.54, 1.807) is 6.92 Å². The molecule has 0 amide bonds. The number of aryl methyl sites for hydroxylation is 1. The van der Waals surface area contributed by atoms with Crippen LogP contribution in [0.25, 0.3) is 0 Å². The Kier molecular flexibility index (Phi) is 4.64. The minimum Gasteiger partial charge on any atom is -0.478 e. The molecule has 1 aromatic heterocycles. The molecule has 0 fully saturated rings. The van der Waals surface area contributed by atoms with Gasteiger partial charge in [0.25, 0.3) is 0 Å². The van der Waals surface area contributed by atoms with E-state index in [0.717, 1.165) is 0 Å². The van der Waals surface area contributed by atoms with Gasteiger partial charge in [0.15, 0.2) is 0 Å². The van der Waals surface area contributed by atoms with E-state index >= 15 is 0 Å². The van der Waals surface area contributed by atoms with Crippen molar-refractivity contribution in [3.05, 3.63) is 23.2 Å². The third-order valence-electron chi connectivity index (χ3n) is 2.04. The second kappa shape index (κ2) is 5.59. The molecule has 0 atom stereocenters. The van der Waals surface area contributed by atoms with Crippen molar-refractivity contribution >= 4 is 27.6 Å². The molecule has 17 heavy (non-hydrogen) atoms. The van der Waals surface area contributed by atoms with Crippen molar-refractivity contribution in [3.63, 3.8) is 0 Å². The summed E-state index contributed by atoms with van der Waals surface area (Å²) in [6.07, 6.45) is 1.19. The van der Waals surface area contributed by atoms with Crippen LogP contribution < -0.4 is 0 Å². The first-order valence-electron chi connectivity index (χ1n) is 4.87. The molecule has 0 aliphatic heterocycles. The molecule has 0 saturated carbocycles. The van der Waals surface area contributed by atoms with Gasteiger partial charge in [-0.2, -0.15) is 11.8 Å². The summed E-state index contributed by atoms with van der Waals surface area (Å²) in [6.45, 7) is 1.59. The van der Waals surface area contributed by atoms with Crippen molar-refractivity contribution in [1.29, 1.82) is 0 Å². The van der Waals surface area contributed by atoms with Crippen LogP contribution in [-0.4, -0.2) is 37.3 Å². The summed E-state index contributed by atoms with van der Waals surface area (Å²) in [6, 6.07) is 1.48. The minimum absolute atomic E-state index is 0.114. The van der Waals surface area contributed by atoms with Crippen molar-refractivity contribution < 1.29 is 22.7 Å². The van der Waals surface area contributed by atoms with Gasteiger partial charge in [0.05, 0.1) is 11.5 Å². The average Bonchev–Trinajstić information content (AvgIpc) is 2.53. The molecule has 1 aromatic rings. The van der Waals surface area contributed by atoms with Crippen LogP contribution >= 0.6 is 11.8 Å². The lowest BCUT2D eigenvalue weighted by atomic mass is 10.2. The topological polar surface area (TPSA) is 84.6 Å². The maximum atomic E-state index is 10.9. The lowest BCUT2D eigenvalue weighted by molar-refractivity contribution is 0.0695. The molecule has 96 valence electrons. The zero-order chi connectivity index (χ0) is 13.1. The van der Waals surface area contributed by atoms with Crippen molar-refractivity contribution in [2.45, 2.75) is 12.7 Å². The van der Waals surface area contributed by atoms with E-state index < -0.39 is 15.8 Å². The van der Waals surface area contributed by atoms with E-state index in [4.69, 9.17) is 9.52 Å². The minimum atomic E-state index is -2.94. The first-order valence-corrected chi connectivity index (χ1v) is 8.09. The number of furan rings is 1. The number of sulfone groups is 1. The van der Waals surface area contributed by atoms with Crippen LogP contribution in [0.15, 0.2) is 10.5 Å². The van der Waals surface area contributed by atoms with Gasteiger partial charge in [0, 0.05) is 12.0 Å². The van der Waals surface area contributed by atoms with Crippen LogP contribution in [-0.2, 0) is 15.6 Å². The number of carboxylic acids is 1. The highest BCUT2D eigenvalue weighted by molar-refractivity contribution is 7.99. The SMILES string of the molecule is Cc1oc(CSCCS(C)(=O)=O)cc1C(=O)O. The van der Waals surface area contributed by atoms with Crippen LogP contribution in [0.5, 0.6) is 0 Å². The fourth-order valence-electron chi connectivity index (χ4n) is 1.21. The Morgan fingerprint density at radius 1 is 1.53 bits per heavy atom. The first-order chi connectivity index (χ1) is 7.79. The molecule has 1 heterocycles. The quantitative estimate of drug-likeness (QED) is 0.795. The molecule has 0 aliphatic carbocycles. The van der Waals surface area contributed by atoms with Crippen molar-refractivity contribution in [2.24, 2.45) is 0 Å². The predicted octanol–water partition coefficient (Wildman–Crippen LogP) is 1.56. The smallest absolute Gasteiger partial charge is 0.339 e. The third-order valence-corrected chi connectivity index (χ3v) is 4.23. The Morgan fingerprint density at radius 2 is 2.18 bits per heavy atom. The summed E-state index contributed by atoms with van der Waals surface area (Å²) in [5.74, 6) is 0.974. The molecule has 1 N–H and O–H groups in total. The van der Waals surface area contributed by atoms with Gasteiger partial charge in [0.1, 0.15) is 26.9 Å². The summed E-state index contributed by atoms with van der Waals surface area (Å²) in [5.41, 5.74) is 0.156. The van der Waals surface area contributed by atoms with E-state index in [1.165, 1.54) is 24.1 Å². The number of thioether (sulfide) groups is 1. The largest absolute Gasteiger partial charge is 0.478 e. The molecule has 0 spiro atoms. The van der Waals surface area contributed by atoms with Crippen LogP contribution in [0.1, 0.15) is 21.9 Å². The monoisotopic (exact) mass is 278 g/mol. The standard InChI is InChI=1S/C10H14O5S2/c1-7-9(10(11)12)5-8(15-7)6-16-3-4-17(2,13)14/h5H,3-4,6H2,1-2H3,(H,11,12). The molecule has 0 radical (unpaired) electrons. The zero-order valence-electron chi connectivity index (χ0n) is 9.60. The third kappa shape index (κ3) is 4.82. The van der Waals surface area contributed by atoms with Gasteiger partial charge in [-0.1, -0.05) is 0 Å². The van der Waals surface area contributed by atoms with E-state index in [1.807, 2.05) is 0 Å². The number of hydrogen-bond donors (Lipinski definition) is 1. The molecular weight excluding hydrogens is 264 g/mol. The molecule has 7 heteroatoms. The Hall–Kier alpha value is -0.950. The van der Waals surface area contributed by atoms with Gasteiger partial charge in [0.2, 0.25) is 0 Å². The number of carbonyl (C=O) groups is 1. The molecule has 0 aromatic carbocycles. The summed E-state index contributed by atoms with van der Waals surface area (Å²) < 4.78 is 27.0. The zero-order valence-corrected chi connectivity index (χ0v) is 11.2. The predicted molar refractivity (Wildman–Crippen MR) is 66.3 cm³/mol. The van der Waals surface area contributed by atoms with E-state index in [0.29, 0.717) is 23.0 Å². The highest BCUT2D eigenvalue weighted by atomic mass is 32.2. The summed E-state index contributed by atoms with van der Waals surface area (Å²) >= 11 is 1.40. The lowest BCUT2D eigenvalue weighted by Gasteiger charge is -1.97. The second-order valence-corrected chi connectivity index (χ2v) is 7.04.